The number of benzene rings is 2. The van der Waals surface area contributed by atoms with Crippen molar-refractivity contribution in [3.05, 3.63) is 68.0 Å². The third-order valence-electron chi connectivity index (χ3n) is 4.93. The Kier molecular flexibility index (Phi) is 9.79. The van der Waals surface area contributed by atoms with Crippen LogP contribution in [0.1, 0.15) is 36.8 Å². The van der Waals surface area contributed by atoms with Crippen molar-refractivity contribution in [1.82, 2.24) is 4.90 Å². The first-order chi connectivity index (χ1) is 15.9. The van der Waals surface area contributed by atoms with Crippen LogP contribution in [0.5, 0.6) is 5.75 Å². The highest BCUT2D eigenvalue weighted by molar-refractivity contribution is 9.10. The summed E-state index contributed by atoms with van der Waals surface area (Å²) in [6, 6.07) is 13.2. The minimum absolute atomic E-state index is 0.110. The summed E-state index contributed by atoms with van der Waals surface area (Å²) in [5.41, 5.74) is 1.78. The van der Waals surface area contributed by atoms with Gasteiger partial charge in [-0.2, -0.15) is 0 Å². The number of thiocarbonyl (C=S) groups is 1. The van der Waals surface area contributed by atoms with Gasteiger partial charge in [-0.1, -0.05) is 70.1 Å². The van der Waals surface area contributed by atoms with Crippen molar-refractivity contribution in [2.75, 3.05) is 13.7 Å². The lowest BCUT2D eigenvalue weighted by Crippen LogP contribution is -2.29. The van der Waals surface area contributed by atoms with Crippen molar-refractivity contribution < 1.29 is 19.1 Å². The largest absolute Gasteiger partial charge is 0.488 e. The van der Waals surface area contributed by atoms with E-state index >= 15 is 0 Å². The Morgan fingerprint density at radius 1 is 1.18 bits per heavy atom. The fourth-order valence-electron chi connectivity index (χ4n) is 3.16. The standard InChI is InChI=1S/C24H23BrClNO4S2/c1-30-22(28)5-3-2-4-12-27-23(29)21(33-24(27)32)14-17-13-18(25)8-11-20(17)31-15-16-6-9-19(26)10-7-16/h6-11,13-14H,2-5,12,15H2,1H3/b21-14+. The number of ether oxygens (including phenoxy) is 2. The maximum absolute atomic E-state index is 13.0. The van der Waals surface area contributed by atoms with Crippen LogP contribution in [0.25, 0.3) is 6.08 Å². The molecule has 1 amide bonds. The van der Waals surface area contributed by atoms with Crippen LogP contribution in [0.15, 0.2) is 51.8 Å². The molecule has 0 N–H and O–H groups in total. The van der Waals surface area contributed by atoms with E-state index in [9.17, 15) is 9.59 Å². The Hall–Kier alpha value is -1.87. The third kappa shape index (κ3) is 7.57. The van der Waals surface area contributed by atoms with E-state index < -0.39 is 0 Å². The topological polar surface area (TPSA) is 55.8 Å². The first-order valence-corrected chi connectivity index (χ1v) is 12.8. The van der Waals surface area contributed by atoms with Gasteiger partial charge in [0.2, 0.25) is 0 Å². The van der Waals surface area contributed by atoms with Gasteiger partial charge in [0.05, 0.1) is 12.0 Å². The van der Waals surface area contributed by atoms with Gasteiger partial charge in [-0.3, -0.25) is 14.5 Å². The number of carbonyl (C=O) groups is 2. The SMILES string of the molecule is COC(=O)CCCCCN1C(=O)/C(=C\c2cc(Br)ccc2OCc2ccc(Cl)cc2)SC1=S. The predicted molar refractivity (Wildman–Crippen MR) is 140 cm³/mol. The molecule has 174 valence electrons. The van der Waals surface area contributed by atoms with E-state index in [0.29, 0.717) is 39.6 Å². The van der Waals surface area contributed by atoms with Crippen molar-refractivity contribution in [2.24, 2.45) is 0 Å². The second-order valence-electron chi connectivity index (χ2n) is 7.32. The number of methoxy groups -OCH3 is 1. The van der Waals surface area contributed by atoms with Crippen LogP contribution < -0.4 is 4.74 Å². The highest BCUT2D eigenvalue weighted by Crippen LogP contribution is 2.35. The van der Waals surface area contributed by atoms with Gasteiger partial charge in [0, 0.05) is 28.0 Å². The molecular weight excluding hydrogens is 546 g/mol. The molecule has 1 saturated heterocycles. The predicted octanol–water partition coefficient (Wildman–Crippen LogP) is 6.62. The average Bonchev–Trinajstić information content (AvgIpc) is 3.06. The van der Waals surface area contributed by atoms with Crippen LogP contribution in [0.3, 0.4) is 0 Å². The van der Waals surface area contributed by atoms with E-state index in [0.717, 1.165) is 34.9 Å². The first-order valence-electron chi connectivity index (χ1n) is 10.4. The molecule has 1 aliphatic heterocycles. The molecule has 1 heterocycles. The Bertz CT molecular complexity index is 1060. The van der Waals surface area contributed by atoms with E-state index in [1.807, 2.05) is 48.5 Å². The smallest absolute Gasteiger partial charge is 0.305 e. The Balaban J connectivity index is 1.65. The Morgan fingerprint density at radius 2 is 1.94 bits per heavy atom. The number of hydrogen-bond acceptors (Lipinski definition) is 6. The van der Waals surface area contributed by atoms with Crippen LogP contribution in [-0.4, -0.2) is 34.8 Å². The molecule has 0 saturated carbocycles. The van der Waals surface area contributed by atoms with Gasteiger partial charge in [0.1, 0.15) is 16.7 Å². The molecule has 5 nitrogen and oxygen atoms in total. The summed E-state index contributed by atoms with van der Waals surface area (Å²) in [5.74, 6) is 0.342. The highest BCUT2D eigenvalue weighted by atomic mass is 79.9. The number of halogens is 2. The maximum atomic E-state index is 13.0. The fraction of sp³-hybridized carbons (Fsp3) is 0.292. The number of hydrogen-bond donors (Lipinski definition) is 0. The van der Waals surface area contributed by atoms with Crippen molar-refractivity contribution in [3.8, 4) is 5.75 Å². The summed E-state index contributed by atoms with van der Waals surface area (Å²) >= 11 is 16.2. The fourth-order valence-corrected chi connectivity index (χ4v) is 4.96. The van der Waals surface area contributed by atoms with Crippen LogP contribution >= 0.6 is 51.5 Å². The van der Waals surface area contributed by atoms with E-state index in [-0.39, 0.29) is 11.9 Å². The Labute approximate surface area is 216 Å². The van der Waals surface area contributed by atoms with Crippen LogP contribution in [0.2, 0.25) is 5.02 Å². The second-order valence-corrected chi connectivity index (χ2v) is 10.3. The maximum Gasteiger partial charge on any atom is 0.305 e. The van der Waals surface area contributed by atoms with Crippen LogP contribution in [0.4, 0.5) is 0 Å². The van der Waals surface area contributed by atoms with Gasteiger partial charge in [-0.15, -0.1) is 0 Å². The monoisotopic (exact) mass is 567 g/mol. The van der Waals surface area contributed by atoms with E-state index in [1.165, 1.54) is 18.9 Å². The van der Waals surface area contributed by atoms with E-state index in [4.69, 9.17) is 28.6 Å². The molecular formula is C24H23BrClNO4S2. The highest BCUT2D eigenvalue weighted by Gasteiger charge is 2.31. The van der Waals surface area contributed by atoms with Crippen molar-refractivity contribution >= 4 is 73.8 Å². The lowest BCUT2D eigenvalue weighted by molar-refractivity contribution is -0.140. The average molecular weight is 569 g/mol. The lowest BCUT2D eigenvalue weighted by atomic mass is 10.1. The lowest BCUT2D eigenvalue weighted by Gasteiger charge is -2.14. The molecule has 3 rings (SSSR count). The molecule has 0 aromatic heterocycles. The van der Waals surface area contributed by atoms with Gasteiger partial charge < -0.3 is 9.47 Å². The molecule has 1 aliphatic rings. The number of carbonyl (C=O) groups excluding carboxylic acids is 2. The molecule has 33 heavy (non-hydrogen) atoms. The normalized spacial score (nSPS) is 14.8. The second kappa shape index (κ2) is 12.6. The molecule has 0 radical (unpaired) electrons. The van der Waals surface area contributed by atoms with Gasteiger partial charge in [-0.05, 0) is 54.8 Å². The number of thioether (sulfide) groups is 1. The summed E-state index contributed by atoms with van der Waals surface area (Å²) in [5, 5.41) is 0.675. The Morgan fingerprint density at radius 3 is 2.67 bits per heavy atom. The quantitative estimate of drug-likeness (QED) is 0.139. The molecule has 0 bridgehead atoms. The zero-order valence-electron chi connectivity index (χ0n) is 18.0. The van der Waals surface area contributed by atoms with Crippen LogP contribution in [0, 0.1) is 0 Å². The number of unbranched alkanes of at least 4 members (excludes halogenated alkanes) is 2. The summed E-state index contributed by atoms with van der Waals surface area (Å²) in [4.78, 5) is 26.3. The summed E-state index contributed by atoms with van der Waals surface area (Å²) < 4.78 is 12.1. The van der Waals surface area contributed by atoms with Crippen molar-refractivity contribution in [2.45, 2.75) is 32.3 Å². The van der Waals surface area contributed by atoms with Crippen molar-refractivity contribution in [3.63, 3.8) is 0 Å². The molecule has 0 spiro atoms. The van der Waals surface area contributed by atoms with Gasteiger partial charge in [0.15, 0.2) is 0 Å². The minimum Gasteiger partial charge on any atom is -0.488 e. The first kappa shape index (κ1) is 25.7. The zero-order chi connectivity index (χ0) is 23.8. The molecule has 0 aliphatic carbocycles. The summed E-state index contributed by atoms with van der Waals surface area (Å²) in [6.07, 6.45) is 4.52. The zero-order valence-corrected chi connectivity index (χ0v) is 22.0. The molecule has 1 fully saturated rings. The summed E-state index contributed by atoms with van der Waals surface area (Å²) in [7, 11) is 1.38. The number of amides is 1. The van der Waals surface area contributed by atoms with Crippen molar-refractivity contribution in [1.29, 1.82) is 0 Å². The number of esters is 1. The third-order valence-corrected chi connectivity index (χ3v) is 7.05. The number of rotatable bonds is 10. The summed E-state index contributed by atoms with van der Waals surface area (Å²) in [6.45, 7) is 0.910. The van der Waals surface area contributed by atoms with Gasteiger partial charge in [0.25, 0.3) is 5.91 Å². The van der Waals surface area contributed by atoms with E-state index in [2.05, 4.69) is 20.7 Å². The van der Waals surface area contributed by atoms with Gasteiger partial charge in [-0.25, -0.2) is 0 Å². The van der Waals surface area contributed by atoms with E-state index in [1.54, 1.807) is 4.90 Å². The molecule has 9 heteroatoms. The minimum atomic E-state index is -0.216. The molecule has 2 aromatic rings. The van der Waals surface area contributed by atoms with Crippen LogP contribution in [-0.2, 0) is 20.9 Å². The molecule has 0 atom stereocenters. The number of nitrogens with zero attached hydrogens (tertiary/aromatic N) is 1. The molecule has 0 unspecified atom stereocenters. The van der Waals surface area contributed by atoms with Gasteiger partial charge >= 0.3 is 5.97 Å². The molecule has 2 aromatic carbocycles.